The second-order valence-corrected chi connectivity index (χ2v) is 5.57. The fraction of sp³-hybridized carbons (Fsp3) is 1.00. The largest absolute Gasteiger partial charge is 0.378 e. The van der Waals surface area contributed by atoms with Crippen LogP contribution in [0.4, 0.5) is 0 Å². The first-order valence-electron chi connectivity index (χ1n) is 7.85. The summed E-state index contributed by atoms with van der Waals surface area (Å²) in [6, 6.07) is 0.709. The van der Waals surface area contributed by atoms with Crippen LogP contribution in [-0.2, 0) is 4.74 Å². The van der Waals surface area contributed by atoms with Crippen molar-refractivity contribution >= 4 is 0 Å². The van der Waals surface area contributed by atoms with Crippen molar-refractivity contribution < 1.29 is 4.74 Å². The quantitative estimate of drug-likeness (QED) is 0.559. The van der Waals surface area contributed by atoms with E-state index in [9.17, 15) is 0 Å². The van der Waals surface area contributed by atoms with Gasteiger partial charge in [-0.15, -0.1) is 0 Å². The molecule has 0 saturated heterocycles. The zero-order valence-electron chi connectivity index (χ0n) is 12.3. The van der Waals surface area contributed by atoms with E-state index in [1.807, 2.05) is 0 Å². The highest BCUT2D eigenvalue weighted by Gasteiger charge is 2.28. The first-order chi connectivity index (χ1) is 8.80. The van der Waals surface area contributed by atoms with Crippen molar-refractivity contribution in [2.75, 3.05) is 19.7 Å². The molecule has 1 atom stereocenters. The van der Waals surface area contributed by atoms with E-state index in [1.54, 1.807) is 0 Å². The zero-order chi connectivity index (χ0) is 13.2. The van der Waals surface area contributed by atoms with Crippen molar-refractivity contribution in [3.8, 4) is 0 Å². The van der Waals surface area contributed by atoms with Gasteiger partial charge in [-0.2, -0.15) is 0 Å². The maximum absolute atomic E-state index is 5.66. The Kier molecular flexibility index (Phi) is 8.64. The average molecular weight is 256 g/mol. The molecule has 3 heteroatoms. The Hall–Kier alpha value is -0.120. The second-order valence-electron chi connectivity index (χ2n) is 5.57. The van der Waals surface area contributed by atoms with E-state index >= 15 is 0 Å². The van der Waals surface area contributed by atoms with Crippen LogP contribution in [-0.4, -0.2) is 31.8 Å². The predicted molar refractivity (Wildman–Crippen MR) is 77.7 cm³/mol. The standard InChI is InChI=1S/C15H32N2O/c1-3-6-13(8-9-16)7-5-10-17-14-11-15(12-14)18-4-2/h13-15,17H,3-12,16H2,1-2H3. The molecule has 1 aliphatic rings. The fourth-order valence-electron chi connectivity index (χ4n) is 2.88. The molecule has 3 nitrogen and oxygen atoms in total. The summed E-state index contributed by atoms with van der Waals surface area (Å²) in [6.07, 6.45) is 9.38. The van der Waals surface area contributed by atoms with Crippen LogP contribution in [0.25, 0.3) is 0 Å². The molecule has 1 unspecified atom stereocenters. The number of rotatable bonds is 11. The van der Waals surface area contributed by atoms with Crippen molar-refractivity contribution in [3.05, 3.63) is 0 Å². The third kappa shape index (κ3) is 6.17. The highest BCUT2D eigenvalue weighted by molar-refractivity contribution is 4.85. The predicted octanol–water partition coefficient (Wildman–Crippen LogP) is 2.69. The summed E-state index contributed by atoms with van der Waals surface area (Å²) in [5.41, 5.74) is 5.66. The molecule has 0 bridgehead atoms. The molecule has 0 heterocycles. The molecule has 0 aromatic carbocycles. The monoisotopic (exact) mass is 256 g/mol. The molecule has 0 aromatic rings. The third-order valence-electron chi connectivity index (χ3n) is 3.99. The topological polar surface area (TPSA) is 47.3 Å². The summed E-state index contributed by atoms with van der Waals surface area (Å²) < 4.78 is 5.56. The van der Waals surface area contributed by atoms with Crippen molar-refractivity contribution in [1.29, 1.82) is 0 Å². The Balaban J connectivity index is 1.94. The van der Waals surface area contributed by atoms with E-state index in [-0.39, 0.29) is 0 Å². The van der Waals surface area contributed by atoms with Crippen molar-refractivity contribution in [3.63, 3.8) is 0 Å². The third-order valence-corrected chi connectivity index (χ3v) is 3.99. The fourth-order valence-corrected chi connectivity index (χ4v) is 2.88. The lowest BCUT2D eigenvalue weighted by atomic mass is 9.89. The molecule has 3 N–H and O–H groups in total. The minimum atomic E-state index is 0.526. The first kappa shape index (κ1) is 15.9. The molecule has 1 saturated carbocycles. The summed E-state index contributed by atoms with van der Waals surface area (Å²) in [5, 5.41) is 3.64. The van der Waals surface area contributed by atoms with Crippen LogP contribution < -0.4 is 11.1 Å². The molecule has 1 rings (SSSR count). The van der Waals surface area contributed by atoms with E-state index < -0.39 is 0 Å². The Morgan fingerprint density at radius 1 is 1.22 bits per heavy atom. The van der Waals surface area contributed by atoms with Crippen LogP contribution in [0.5, 0.6) is 0 Å². The van der Waals surface area contributed by atoms with Gasteiger partial charge in [0.15, 0.2) is 0 Å². The molecule has 0 radical (unpaired) electrons. The summed E-state index contributed by atoms with van der Waals surface area (Å²) in [7, 11) is 0. The lowest BCUT2D eigenvalue weighted by Crippen LogP contribution is -2.45. The van der Waals surface area contributed by atoms with Crippen LogP contribution in [0, 0.1) is 5.92 Å². The number of nitrogens with two attached hydrogens (primary N) is 1. The summed E-state index contributed by atoms with van der Waals surface area (Å²) in [6.45, 7) is 7.20. The Bertz CT molecular complexity index is 187. The van der Waals surface area contributed by atoms with E-state index in [0.29, 0.717) is 12.1 Å². The number of ether oxygens (including phenoxy) is 1. The number of hydrogen-bond acceptors (Lipinski definition) is 3. The second kappa shape index (κ2) is 9.76. The Morgan fingerprint density at radius 3 is 2.61 bits per heavy atom. The summed E-state index contributed by atoms with van der Waals surface area (Å²) in [4.78, 5) is 0. The molecule has 0 amide bonds. The maximum Gasteiger partial charge on any atom is 0.0604 e. The van der Waals surface area contributed by atoms with Crippen molar-refractivity contribution in [2.45, 2.75) is 70.9 Å². The SMILES string of the molecule is CCCC(CCN)CCCNC1CC(OCC)C1. The van der Waals surface area contributed by atoms with Gasteiger partial charge in [0.05, 0.1) is 6.10 Å². The van der Waals surface area contributed by atoms with Gasteiger partial charge in [0.2, 0.25) is 0 Å². The van der Waals surface area contributed by atoms with Crippen LogP contribution in [0.2, 0.25) is 0 Å². The van der Waals surface area contributed by atoms with Gasteiger partial charge in [-0.1, -0.05) is 19.8 Å². The first-order valence-corrected chi connectivity index (χ1v) is 7.85. The van der Waals surface area contributed by atoms with Gasteiger partial charge < -0.3 is 15.8 Å². The molecule has 0 aromatic heterocycles. The molecule has 0 spiro atoms. The van der Waals surface area contributed by atoms with Crippen molar-refractivity contribution in [2.24, 2.45) is 11.7 Å². The normalized spacial score (nSPS) is 24.8. The number of hydrogen-bond donors (Lipinski definition) is 2. The van der Waals surface area contributed by atoms with Gasteiger partial charge >= 0.3 is 0 Å². The van der Waals surface area contributed by atoms with Gasteiger partial charge in [0, 0.05) is 12.6 Å². The van der Waals surface area contributed by atoms with Gasteiger partial charge in [-0.25, -0.2) is 0 Å². The highest BCUT2D eigenvalue weighted by Crippen LogP contribution is 2.23. The molecule has 108 valence electrons. The van der Waals surface area contributed by atoms with Gasteiger partial charge in [-0.05, 0) is 58.0 Å². The molecular formula is C15H32N2O. The molecule has 1 aliphatic carbocycles. The van der Waals surface area contributed by atoms with Gasteiger partial charge in [0.1, 0.15) is 0 Å². The van der Waals surface area contributed by atoms with Crippen LogP contribution >= 0.6 is 0 Å². The lowest BCUT2D eigenvalue weighted by Gasteiger charge is -2.35. The van der Waals surface area contributed by atoms with E-state index in [4.69, 9.17) is 10.5 Å². The van der Waals surface area contributed by atoms with Crippen molar-refractivity contribution in [1.82, 2.24) is 5.32 Å². The lowest BCUT2D eigenvalue weighted by molar-refractivity contribution is -0.00981. The Morgan fingerprint density at radius 2 is 2.00 bits per heavy atom. The van der Waals surface area contributed by atoms with Crippen LogP contribution in [0.1, 0.15) is 58.8 Å². The van der Waals surface area contributed by atoms with Crippen LogP contribution in [0.15, 0.2) is 0 Å². The van der Waals surface area contributed by atoms with E-state index in [2.05, 4.69) is 19.2 Å². The minimum absolute atomic E-state index is 0.526. The molecular weight excluding hydrogens is 224 g/mol. The van der Waals surface area contributed by atoms with E-state index in [0.717, 1.165) is 25.6 Å². The summed E-state index contributed by atoms with van der Waals surface area (Å²) in [5.74, 6) is 0.847. The minimum Gasteiger partial charge on any atom is -0.378 e. The van der Waals surface area contributed by atoms with Gasteiger partial charge in [-0.3, -0.25) is 0 Å². The Labute approximate surface area is 113 Å². The molecule has 18 heavy (non-hydrogen) atoms. The van der Waals surface area contributed by atoms with E-state index in [1.165, 1.54) is 44.9 Å². The van der Waals surface area contributed by atoms with Crippen LogP contribution in [0.3, 0.4) is 0 Å². The smallest absolute Gasteiger partial charge is 0.0604 e. The van der Waals surface area contributed by atoms with Gasteiger partial charge in [0.25, 0.3) is 0 Å². The molecule has 1 fully saturated rings. The number of nitrogens with one attached hydrogen (secondary N) is 1. The highest BCUT2D eigenvalue weighted by atomic mass is 16.5. The maximum atomic E-state index is 5.66. The molecule has 0 aliphatic heterocycles. The summed E-state index contributed by atoms with van der Waals surface area (Å²) >= 11 is 0. The average Bonchev–Trinajstić information content (AvgIpc) is 2.31. The zero-order valence-corrected chi connectivity index (χ0v) is 12.3.